The largest absolute Gasteiger partial charge is 0.382 e. The number of fused-ring (bicyclic) bond motifs is 1. The van der Waals surface area contributed by atoms with Crippen LogP contribution in [0.2, 0.25) is 0 Å². The fourth-order valence-corrected chi connectivity index (χ4v) is 1.72. The van der Waals surface area contributed by atoms with Crippen LogP contribution in [-0.2, 0) is 0 Å². The molecule has 7 nitrogen and oxygen atoms in total. The smallest absolute Gasteiger partial charge is 0.273 e. The summed E-state index contributed by atoms with van der Waals surface area (Å²) in [6, 6.07) is 6.99. The number of H-pyrrole nitrogens is 2. The number of aromatic amines is 2. The Kier molecular flexibility index (Phi) is 2.23. The first-order valence-corrected chi connectivity index (χ1v) is 5.28. The molecule has 5 N–H and O–H groups in total. The second kappa shape index (κ2) is 3.88. The van der Waals surface area contributed by atoms with Crippen molar-refractivity contribution in [2.24, 2.45) is 0 Å². The van der Waals surface area contributed by atoms with Gasteiger partial charge in [-0.1, -0.05) is 6.07 Å². The molecule has 3 aromatic rings. The van der Waals surface area contributed by atoms with E-state index in [1.807, 2.05) is 12.1 Å². The van der Waals surface area contributed by atoms with Gasteiger partial charge < -0.3 is 11.1 Å². The number of nitrogens with one attached hydrogen (secondary N) is 3. The summed E-state index contributed by atoms with van der Waals surface area (Å²) >= 11 is 0. The van der Waals surface area contributed by atoms with Crippen molar-refractivity contribution in [2.45, 2.75) is 0 Å². The Labute approximate surface area is 101 Å². The normalized spacial score (nSPS) is 10.7. The van der Waals surface area contributed by atoms with Gasteiger partial charge in [-0.3, -0.25) is 15.0 Å². The number of amides is 1. The van der Waals surface area contributed by atoms with Gasteiger partial charge in [0.15, 0.2) is 0 Å². The molecule has 18 heavy (non-hydrogen) atoms. The zero-order chi connectivity index (χ0) is 12.5. The molecule has 3 rings (SSSR count). The van der Waals surface area contributed by atoms with Crippen molar-refractivity contribution in [3.05, 3.63) is 36.2 Å². The van der Waals surface area contributed by atoms with Crippen LogP contribution in [0.25, 0.3) is 10.9 Å². The molecule has 0 spiro atoms. The van der Waals surface area contributed by atoms with Crippen molar-refractivity contribution >= 4 is 28.3 Å². The van der Waals surface area contributed by atoms with Gasteiger partial charge in [-0.15, -0.1) is 0 Å². The van der Waals surface area contributed by atoms with E-state index >= 15 is 0 Å². The molecule has 90 valence electrons. The van der Waals surface area contributed by atoms with Gasteiger partial charge in [0.25, 0.3) is 5.91 Å². The summed E-state index contributed by atoms with van der Waals surface area (Å²) < 4.78 is 0. The Morgan fingerprint density at radius 2 is 2.22 bits per heavy atom. The molecule has 7 heteroatoms. The van der Waals surface area contributed by atoms with Gasteiger partial charge in [0, 0.05) is 11.5 Å². The number of hydrogen-bond donors (Lipinski definition) is 4. The third-order valence-electron chi connectivity index (χ3n) is 2.58. The zero-order valence-corrected chi connectivity index (χ0v) is 9.27. The Morgan fingerprint density at radius 3 is 3.00 bits per heavy atom. The van der Waals surface area contributed by atoms with Crippen LogP contribution >= 0.6 is 0 Å². The molecule has 0 saturated heterocycles. The lowest BCUT2D eigenvalue weighted by atomic mass is 10.2. The van der Waals surface area contributed by atoms with Crippen molar-refractivity contribution in [1.29, 1.82) is 0 Å². The Bertz CT molecular complexity index is 713. The standard InChI is InChI=1S/C11H10N6O/c12-10-4-9(16-17-10)11(18)14-7-2-1-3-8-6(7)5-13-15-8/h1-5H,(H,13,15)(H,14,18)(H3,12,16,17). The highest BCUT2D eigenvalue weighted by molar-refractivity contribution is 6.07. The van der Waals surface area contributed by atoms with Crippen molar-refractivity contribution in [3.63, 3.8) is 0 Å². The monoisotopic (exact) mass is 242 g/mol. The van der Waals surface area contributed by atoms with Gasteiger partial charge in [0.2, 0.25) is 0 Å². The average molecular weight is 242 g/mol. The van der Waals surface area contributed by atoms with Crippen molar-refractivity contribution in [2.75, 3.05) is 11.1 Å². The zero-order valence-electron chi connectivity index (χ0n) is 9.27. The number of nitrogens with two attached hydrogens (primary N) is 1. The van der Waals surface area contributed by atoms with E-state index < -0.39 is 0 Å². The lowest BCUT2D eigenvalue weighted by Crippen LogP contribution is -2.12. The maximum absolute atomic E-state index is 11.9. The first-order valence-electron chi connectivity index (χ1n) is 5.28. The van der Waals surface area contributed by atoms with Crippen molar-refractivity contribution < 1.29 is 4.79 Å². The predicted molar refractivity (Wildman–Crippen MR) is 67.0 cm³/mol. The molecule has 2 heterocycles. The molecule has 0 unspecified atom stereocenters. The fraction of sp³-hybridized carbons (Fsp3) is 0. The van der Waals surface area contributed by atoms with Crippen LogP contribution in [0, 0.1) is 0 Å². The molecule has 1 aromatic carbocycles. The third kappa shape index (κ3) is 1.67. The van der Waals surface area contributed by atoms with Crippen LogP contribution in [-0.4, -0.2) is 26.3 Å². The maximum Gasteiger partial charge on any atom is 0.273 e. The van der Waals surface area contributed by atoms with Crippen LogP contribution in [0.5, 0.6) is 0 Å². The van der Waals surface area contributed by atoms with Gasteiger partial charge in [-0.05, 0) is 12.1 Å². The third-order valence-corrected chi connectivity index (χ3v) is 2.58. The summed E-state index contributed by atoms with van der Waals surface area (Å²) in [5, 5.41) is 16.6. The molecule has 0 atom stereocenters. The second-order valence-electron chi connectivity index (χ2n) is 3.80. The van der Waals surface area contributed by atoms with E-state index in [9.17, 15) is 4.79 Å². The predicted octanol–water partition coefficient (Wildman–Crippen LogP) is 1.12. The minimum Gasteiger partial charge on any atom is -0.382 e. The SMILES string of the molecule is Nc1cc(C(=O)Nc2cccc3[nH]ncc23)[nH]n1. The minimum atomic E-state index is -0.298. The van der Waals surface area contributed by atoms with Crippen molar-refractivity contribution in [3.8, 4) is 0 Å². The number of anilines is 2. The number of carbonyl (C=O) groups excluding carboxylic acids is 1. The van der Waals surface area contributed by atoms with Gasteiger partial charge in [0.1, 0.15) is 11.5 Å². The molecule has 2 aromatic heterocycles. The summed E-state index contributed by atoms with van der Waals surface area (Å²) in [4.78, 5) is 11.9. The highest BCUT2D eigenvalue weighted by Crippen LogP contribution is 2.21. The van der Waals surface area contributed by atoms with Gasteiger partial charge in [0.05, 0.1) is 17.4 Å². The highest BCUT2D eigenvalue weighted by Gasteiger charge is 2.11. The van der Waals surface area contributed by atoms with Crippen LogP contribution in [0.15, 0.2) is 30.5 Å². The molecule has 0 aliphatic rings. The maximum atomic E-state index is 11.9. The molecular formula is C11H10N6O. The van der Waals surface area contributed by atoms with Crippen LogP contribution in [0.4, 0.5) is 11.5 Å². The van der Waals surface area contributed by atoms with Crippen LogP contribution in [0.1, 0.15) is 10.5 Å². The van der Waals surface area contributed by atoms with E-state index in [-0.39, 0.29) is 11.7 Å². The van der Waals surface area contributed by atoms with Crippen LogP contribution < -0.4 is 11.1 Å². The van der Waals surface area contributed by atoms with E-state index in [4.69, 9.17) is 5.73 Å². The molecule has 0 aliphatic carbocycles. The molecule has 0 saturated carbocycles. The Balaban J connectivity index is 1.92. The molecule has 0 fully saturated rings. The number of carbonyl (C=O) groups is 1. The van der Waals surface area contributed by atoms with Crippen molar-refractivity contribution in [1.82, 2.24) is 20.4 Å². The first-order chi connectivity index (χ1) is 8.74. The number of aromatic nitrogens is 4. The van der Waals surface area contributed by atoms with E-state index in [0.29, 0.717) is 11.4 Å². The number of benzene rings is 1. The van der Waals surface area contributed by atoms with E-state index in [1.54, 1.807) is 12.3 Å². The summed E-state index contributed by atoms with van der Waals surface area (Å²) in [7, 11) is 0. The van der Waals surface area contributed by atoms with E-state index in [2.05, 4.69) is 25.7 Å². The molecule has 0 aliphatic heterocycles. The van der Waals surface area contributed by atoms with Crippen LogP contribution in [0.3, 0.4) is 0 Å². The second-order valence-corrected chi connectivity index (χ2v) is 3.80. The van der Waals surface area contributed by atoms with Gasteiger partial charge in [-0.25, -0.2) is 0 Å². The highest BCUT2D eigenvalue weighted by atomic mass is 16.1. The number of nitrogen functional groups attached to an aromatic ring is 1. The number of rotatable bonds is 2. The quantitative estimate of drug-likeness (QED) is 0.539. The summed E-state index contributed by atoms with van der Waals surface area (Å²) in [5.41, 5.74) is 7.30. The summed E-state index contributed by atoms with van der Waals surface area (Å²) in [5.74, 6) is -0.0189. The van der Waals surface area contributed by atoms with Gasteiger partial charge in [-0.2, -0.15) is 10.2 Å². The van der Waals surface area contributed by atoms with E-state index in [1.165, 1.54) is 6.07 Å². The topological polar surface area (TPSA) is 112 Å². The molecule has 0 bridgehead atoms. The minimum absolute atomic E-state index is 0.279. The van der Waals surface area contributed by atoms with Gasteiger partial charge >= 0.3 is 0 Å². The summed E-state index contributed by atoms with van der Waals surface area (Å²) in [6.45, 7) is 0. The van der Waals surface area contributed by atoms with E-state index in [0.717, 1.165) is 10.9 Å². The summed E-state index contributed by atoms with van der Waals surface area (Å²) in [6.07, 6.45) is 1.66. The number of nitrogens with zero attached hydrogens (tertiary/aromatic N) is 2. The number of hydrogen-bond acceptors (Lipinski definition) is 4. The Hall–Kier alpha value is -2.83. The molecular weight excluding hydrogens is 232 g/mol. The Morgan fingerprint density at radius 1 is 1.33 bits per heavy atom. The first kappa shape index (κ1) is 10.3. The lowest BCUT2D eigenvalue weighted by molar-refractivity contribution is 0.102. The molecule has 0 radical (unpaired) electrons. The average Bonchev–Trinajstić information content (AvgIpc) is 2.97. The molecule has 1 amide bonds. The lowest BCUT2D eigenvalue weighted by Gasteiger charge is -2.04. The fourth-order valence-electron chi connectivity index (χ4n) is 1.72.